The van der Waals surface area contributed by atoms with Gasteiger partial charge in [-0.05, 0) is 24.5 Å². The van der Waals surface area contributed by atoms with E-state index in [4.69, 9.17) is 8.92 Å². The molecule has 118 valence electrons. The maximum absolute atomic E-state index is 11.4. The van der Waals surface area contributed by atoms with Gasteiger partial charge in [0.15, 0.2) is 0 Å². The summed E-state index contributed by atoms with van der Waals surface area (Å²) in [7, 11) is -3.57. The number of nitrogens with one attached hydrogen (secondary N) is 1. The summed E-state index contributed by atoms with van der Waals surface area (Å²) in [5.41, 5.74) is 0.705. The molecule has 1 amide bonds. The predicted molar refractivity (Wildman–Crippen MR) is 79.9 cm³/mol. The topological polar surface area (TPSA) is 81.7 Å². The number of rotatable bonds is 8. The molecule has 0 spiro atoms. The van der Waals surface area contributed by atoms with Gasteiger partial charge in [0.1, 0.15) is 5.75 Å². The number of amides is 1. The van der Waals surface area contributed by atoms with E-state index in [9.17, 15) is 13.2 Å². The lowest BCUT2D eigenvalue weighted by molar-refractivity contribution is 0.144. The van der Waals surface area contributed by atoms with E-state index in [1.165, 1.54) is 0 Å². The van der Waals surface area contributed by atoms with Crippen molar-refractivity contribution in [2.45, 2.75) is 26.2 Å². The summed E-state index contributed by atoms with van der Waals surface area (Å²) in [5, 5.41) is 2.61. The lowest BCUT2D eigenvalue weighted by Crippen LogP contribution is -2.27. The molecule has 0 aromatic heterocycles. The number of hydrogen-bond donors (Lipinski definition) is 1. The van der Waals surface area contributed by atoms with E-state index in [0.29, 0.717) is 25.1 Å². The quantitative estimate of drug-likeness (QED) is 0.587. The molecule has 0 aliphatic heterocycles. The minimum absolute atomic E-state index is 0.279. The van der Waals surface area contributed by atoms with Crippen LogP contribution in [0.25, 0.3) is 0 Å². The molecule has 1 aromatic carbocycles. The van der Waals surface area contributed by atoms with Gasteiger partial charge in [0.2, 0.25) is 0 Å². The molecule has 7 heteroatoms. The third-order valence-electron chi connectivity index (χ3n) is 2.61. The first kappa shape index (κ1) is 17.3. The van der Waals surface area contributed by atoms with Gasteiger partial charge in [-0.15, -0.1) is 0 Å². The third kappa shape index (κ3) is 7.55. The van der Waals surface area contributed by atoms with Crippen LogP contribution in [0.1, 0.15) is 25.3 Å². The zero-order valence-electron chi connectivity index (χ0n) is 12.3. The molecule has 0 radical (unpaired) electrons. The van der Waals surface area contributed by atoms with Crippen LogP contribution in [0.5, 0.6) is 5.75 Å². The van der Waals surface area contributed by atoms with E-state index >= 15 is 0 Å². The first-order valence-corrected chi connectivity index (χ1v) is 8.62. The van der Waals surface area contributed by atoms with Crippen molar-refractivity contribution in [1.82, 2.24) is 5.32 Å². The lowest BCUT2D eigenvalue weighted by Gasteiger charge is -2.10. The van der Waals surface area contributed by atoms with Crippen molar-refractivity contribution in [2.75, 3.05) is 19.4 Å². The molecule has 0 unspecified atom stereocenters. The summed E-state index contributed by atoms with van der Waals surface area (Å²) >= 11 is 0. The van der Waals surface area contributed by atoms with Crippen LogP contribution in [-0.4, -0.2) is 33.9 Å². The van der Waals surface area contributed by atoms with Crippen molar-refractivity contribution >= 4 is 16.2 Å². The number of carbonyl (C=O) groups is 1. The monoisotopic (exact) mass is 315 g/mol. The van der Waals surface area contributed by atoms with Crippen molar-refractivity contribution < 1.29 is 22.1 Å². The minimum atomic E-state index is -3.57. The van der Waals surface area contributed by atoms with Gasteiger partial charge in [0.05, 0.1) is 12.9 Å². The maximum atomic E-state index is 11.4. The Bertz CT molecular complexity index is 556. The van der Waals surface area contributed by atoms with Crippen molar-refractivity contribution in [1.29, 1.82) is 0 Å². The normalized spacial score (nSPS) is 11.0. The second-order valence-electron chi connectivity index (χ2n) is 4.56. The highest BCUT2D eigenvalue weighted by Crippen LogP contribution is 2.19. The van der Waals surface area contributed by atoms with Gasteiger partial charge in [0, 0.05) is 6.54 Å². The highest BCUT2D eigenvalue weighted by molar-refractivity contribution is 7.86. The number of benzene rings is 1. The van der Waals surface area contributed by atoms with Gasteiger partial charge in [-0.3, -0.25) is 0 Å². The first-order valence-electron chi connectivity index (χ1n) is 6.80. The van der Waals surface area contributed by atoms with Crippen LogP contribution >= 0.6 is 0 Å². The minimum Gasteiger partial charge on any atom is -0.450 e. The van der Waals surface area contributed by atoms with E-state index in [-0.39, 0.29) is 5.75 Å². The zero-order valence-corrected chi connectivity index (χ0v) is 13.1. The number of para-hydroxylation sites is 1. The Labute approximate surface area is 125 Å². The summed E-state index contributed by atoms with van der Waals surface area (Å²) in [6.07, 6.45) is 2.77. The molecule has 0 saturated heterocycles. The van der Waals surface area contributed by atoms with Gasteiger partial charge in [-0.2, -0.15) is 8.42 Å². The standard InChI is InChI=1S/C14H21NO5S/c1-3-4-11-19-14(16)15-10-9-12-7-5-6-8-13(12)20-21(2,17)18/h5-8H,3-4,9-11H2,1-2H3,(H,15,16). The number of carbonyl (C=O) groups excluding carboxylic acids is 1. The maximum Gasteiger partial charge on any atom is 0.407 e. The second-order valence-corrected chi connectivity index (χ2v) is 6.14. The van der Waals surface area contributed by atoms with E-state index in [0.717, 1.165) is 19.1 Å². The van der Waals surface area contributed by atoms with Crippen molar-refractivity contribution in [3.05, 3.63) is 29.8 Å². The van der Waals surface area contributed by atoms with Crippen LogP contribution < -0.4 is 9.50 Å². The van der Waals surface area contributed by atoms with Gasteiger partial charge < -0.3 is 14.2 Å². The predicted octanol–water partition coefficient (Wildman–Crippen LogP) is 2.09. The van der Waals surface area contributed by atoms with Crippen LogP contribution in [-0.2, 0) is 21.3 Å². The van der Waals surface area contributed by atoms with Crippen LogP contribution in [0, 0.1) is 0 Å². The third-order valence-corrected chi connectivity index (χ3v) is 3.09. The summed E-state index contributed by atoms with van der Waals surface area (Å²) in [6, 6.07) is 6.81. The molecule has 1 rings (SSSR count). The smallest absolute Gasteiger partial charge is 0.407 e. The molecule has 0 atom stereocenters. The summed E-state index contributed by atoms with van der Waals surface area (Å²) in [4.78, 5) is 11.4. The van der Waals surface area contributed by atoms with Crippen molar-refractivity contribution in [3.63, 3.8) is 0 Å². The first-order chi connectivity index (χ1) is 9.92. The molecule has 0 heterocycles. The molecule has 0 fully saturated rings. The Morgan fingerprint density at radius 3 is 2.67 bits per heavy atom. The summed E-state index contributed by atoms with van der Waals surface area (Å²) in [6.45, 7) is 2.76. The number of unbranched alkanes of at least 4 members (excludes halogenated alkanes) is 1. The Morgan fingerprint density at radius 2 is 2.00 bits per heavy atom. The molecule has 0 aliphatic carbocycles. The summed E-state index contributed by atoms with van der Waals surface area (Å²) in [5.74, 6) is 0.279. The fraction of sp³-hybridized carbons (Fsp3) is 0.500. The molecule has 0 aliphatic rings. The molecule has 1 N–H and O–H groups in total. The zero-order chi connectivity index (χ0) is 15.7. The average molecular weight is 315 g/mol. The van der Waals surface area contributed by atoms with Gasteiger partial charge in [-0.1, -0.05) is 31.5 Å². The molecule has 6 nitrogen and oxygen atoms in total. The number of alkyl carbamates (subject to hydrolysis) is 1. The van der Waals surface area contributed by atoms with Crippen molar-refractivity contribution in [2.24, 2.45) is 0 Å². The molecular formula is C14H21NO5S. The Hall–Kier alpha value is -1.76. The molecule has 0 bridgehead atoms. The van der Waals surface area contributed by atoms with Gasteiger partial charge >= 0.3 is 16.2 Å². The van der Waals surface area contributed by atoms with Crippen LogP contribution in [0.2, 0.25) is 0 Å². The second kappa shape index (κ2) is 8.51. The van der Waals surface area contributed by atoms with Crippen molar-refractivity contribution in [3.8, 4) is 5.75 Å². The number of hydrogen-bond acceptors (Lipinski definition) is 5. The molecule has 0 saturated carbocycles. The van der Waals surface area contributed by atoms with E-state index in [1.807, 2.05) is 6.92 Å². The Balaban J connectivity index is 2.47. The molecule has 1 aromatic rings. The van der Waals surface area contributed by atoms with E-state index in [2.05, 4.69) is 5.32 Å². The van der Waals surface area contributed by atoms with Gasteiger partial charge in [-0.25, -0.2) is 4.79 Å². The van der Waals surface area contributed by atoms with E-state index < -0.39 is 16.2 Å². The van der Waals surface area contributed by atoms with Crippen LogP contribution in [0.3, 0.4) is 0 Å². The fourth-order valence-corrected chi connectivity index (χ4v) is 2.10. The average Bonchev–Trinajstić information content (AvgIpc) is 2.39. The van der Waals surface area contributed by atoms with Crippen LogP contribution in [0.4, 0.5) is 4.79 Å². The molecule has 21 heavy (non-hydrogen) atoms. The molecular weight excluding hydrogens is 294 g/mol. The fourth-order valence-electron chi connectivity index (χ4n) is 1.61. The number of ether oxygens (including phenoxy) is 1. The highest BCUT2D eigenvalue weighted by atomic mass is 32.2. The highest BCUT2D eigenvalue weighted by Gasteiger charge is 2.09. The Kier molecular flexibility index (Phi) is 7.01. The Morgan fingerprint density at radius 1 is 1.29 bits per heavy atom. The van der Waals surface area contributed by atoms with Crippen LogP contribution in [0.15, 0.2) is 24.3 Å². The lowest BCUT2D eigenvalue weighted by atomic mass is 10.1. The summed E-state index contributed by atoms with van der Waals surface area (Å²) < 4.78 is 32.2. The van der Waals surface area contributed by atoms with Gasteiger partial charge in [0.25, 0.3) is 0 Å². The largest absolute Gasteiger partial charge is 0.450 e. The SMILES string of the molecule is CCCCOC(=O)NCCc1ccccc1OS(C)(=O)=O. The van der Waals surface area contributed by atoms with E-state index in [1.54, 1.807) is 24.3 Å².